The normalized spacial score (nSPS) is 30.7. The fourth-order valence-corrected chi connectivity index (χ4v) is 3.02. The maximum Gasteiger partial charge on any atom is 0.295 e. The number of carbonyl (C=O) groups is 2. The van der Waals surface area contributed by atoms with Crippen LogP contribution in [0.3, 0.4) is 0 Å². The smallest absolute Gasteiger partial charge is 0.295 e. The van der Waals surface area contributed by atoms with E-state index in [4.69, 9.17) is 14.2 Å². The van der Waals surface area contributed by atoms with Crippen molar-refractivity contribution in [3.63, 3.8) is 0 Å². The summed E-state index contributed by atoms with van der Waals surface area (Å²) in [5.74, 6) is -1.05. The molecule has 2 saturated heterocycles. The van der Waals surface area contributed by atoms with Crippen molar-refractivity contribution >= 4 is 11.7 Å². The molecule has 0 saturated carbocycles. The molecule has 0 aliphatic carbocycles. The number of hydrogen-bond acceptors (Lipinski definition) is 9. The van der Waals surface area contributed by atoms with E-state index < -0.39 is 49.0 Å². The van der Waals surface area contributed by atoms with E-state index in [0.29, 0.717) is 26.3 Å². The maximum atomic E-state index is 12.3. The van der Waals surface area contributed by atoms with Crippen molar-refractivity contribution in [2.24, 2.45) is 0 Å². The third kappa shape index (κ3) is 4.32. The van der Waals surface area contributed by atoms with Crippen LogP contribution in [0.25, 0.3) is 0 Å². The van der Waals surface area contributed by atoms with Gasteiger partial charge in [-0.1, -0.05) is 0 Å². The number of ether oxygens (including phenoxy) is 3. The molecule has 154 valence electrons. The monoisotopic (exact) mass is 397 g/mol. The van der Waals surface area contributed by atoms with Gasteiger partial charge in [0.2, 0.25) is 12.1 Å². The van der Waals surface area contributed by atoms with Crippen molar-refractivity contribution in [3.05, 3.63) is 29.8 Å². The lowest BCUT2D eigenvalue weighted by Gasteiger charge is -2.39. The molecule has 2 heterocycles. The predicted molar refractivity (Wildman–Crippen MR) is 92.6 cm³/mol. The Morgan fingerprint density at radius 2 is 1.68 bits per heavy atom. The van der Waals surface area contributed by atoms with Crippen LogP contribution < -0.4 is 4.74 Å². The van der Waals surface area contributed by atoms with Crippen LogP contribution in [-0.4, -0.2) is 101 Å². The summed E-state index contributed by atoms with van der Waals surface area (Å²) < 4.78 is 15.9. The summed E-state index contributed by atoms with van der Waals surface area (Å²) >= 11 is 0. The number of amides is 1. The van der Waals surface area contributed by atoms with Crippen molar-refractivity contribution in [2.75, 3.05) is 32.9 Å². The first-order valence-electron chi connectivity index (χ1n) is 8.91. The number of Topliss-reactive ketones (excluding diaryl/α,β-unsaturated/α-hetero) is 1. The fraction of sp³-hybridized carbons (Fsp3) is 0.556. The van der Waals surface area contributed by atoms with Gasteiger partial charge in [0.05, 0.1) is 19.8 Å². The first kappa shape index (κ1) is 20.6. The molecule has 1 aromatic rings. The summed E-state index contributed by atoms with van der Waals surface area (Å²) in [6.45, 7) is 0.948. The average molecular weight is 397 g/mol. The first-order chi connectivity index (χ1) is 13.4. The van der Waals surface area contributed by atoms with Crippen LogP contribution in [0.5, 0.6) is 5.75 Å². The Bertz CT molecular complexity index is 687. The van der Waals surface area contributed by atoms with Crippen molar-refractivity contribution in [1.82, 2.24) is 4.90 Å². The molecule has 2 fully saturated rings. The third-order valence-corrected chi connectivity index (χ3v) is 4.71. The molecule has 5 atom stereocenters. The van der Waals surface area contributed by atoms with E-state index in [0.717, 1.165) is 0 Å². The Morgan fingerprint density at radius 3 is 2.29 bits per heavy atom. The summed E-state index contributed by atoms with van der Waals surface area (Å²) in [4.78, 5) is 26.0. The lowest BCUT2D eigenvalue weighted by Crippen LogP contribution is -2.60. The highest BCUT2D eigenvalue weighted by Gasteiger charge is 2.44. The quantitative estimate of drug-likeness (QED) is 0.324. The van der Waals surface area contributed by atoms with E-state index >= 15 is 0 Å². The topological polar surface area (TPSA) is 146 Å². The summed E-state index contributed by atoms with van der Waals surface area (Å²) in [6.07, 6.45) is -6.99. The third-order valence-electron chi connectivity index (χ3n) is 4.71. The van der Waals surface area contributed by atoms with Crippen LogP contribution in [0.1, 0.15) is 10.4 Å². The van der Waals surface area contributed by atoms with Crippen molar-refractivity contribution in [3.8, 4) is 5.75 Å². The number of aliphatic hydroxyl groups excluding tert-OH is 4. The largest absolute Gasteiger partial charge is 0.462 e. The predicted octanol–water partition coefficient (Wildman–Crippen LogP) is -2.09. The second-order valence-electron chi connectivity index (χ2n) is 6.57. The van der Waals surface area contributed by atoms with E-state index in [1.54, 1.807) is 0 Å². The van der Waals surface area contributed by atoms with Gasteiger partial charge in [-0.2, -0.15) is 0 Å². The zero-order chi connectivity index (χ0) is 20.3. The minimum absolute atomic E-state index is 0.178. The lowest BCUT2D eigenvalue weighted by molar-refractivity contribution is -0.277. The Morgan fingerprint density at radius 1 is 1.04 bits per heavy atom. The minimum atomic E-state index is -1.55. The second kappa shape index (κ2) is 8.95. The molecular weight excluding hydrogens is 374 g/mol. The van der Waals surface area contributed by atoms with E-state index in [2.05, 4.69) is 0 Å². The van der Waals surface area contributed by atoms with Crippen LogP contribution in [0.4, 0.5) is 0 Å². The molecule has 10 nitrogen and oxygen atoms in total. The second-order valence-corrected chi connectivity index (χ2v) is 6.57. The Kier molecular flexibility index (Phi) is 6.60. The van der Waals surface area contributed by atoms with Crippen LogP contribution >= 0.6 is 0 Å². The molecule has 2 aliphatic heterocycles. The van der Waals surface area contributed by atoms with Gasteiger partial charge in [-0.05, 0) is 24.3 Å². The molecule has 4 N–H and O–H groups in total. The SMILES string of the molecule is O=C(C(=O)N1CCOCC1)c1ccc(O[C@@H]2O[C@H](CO)[C@H](O)[C@H](O)[C@H]2O)cc1. The Labute approximate surface area is 160 Å². The zero-order valence-corrected chi connectivity index (χ0v) is 15.0. The molecule has 1 aromatic carbocycles. The highest BCUT2D eigenvalue weighted by Crippen LogP contribution is 2.24. The van der Waals surface area contributed by atoms with E-state index in [-0.39, 0.29) is 11.3 Å². The molecule has 0 radical (unpaired) electrons. The van der Waals surface area contributed by atoms with E-state index in [9.17, 15) is 30.0 Å². The van der Waals surface area contributed by atoms with E-state index in [1.165, 1.54) is 29.2 Å². The Hall–Kier alpha value is -2.08. The molecule has 0 aromatic heterocycles. The molecule has 2 aliphatic rings. The van der Waals surface area contributed by atoms with Gasteiger partial charge in [0.25, 0.3) is 5.91 Å². The molecule has 1 amide bonds. The summed E-state index contributed by atoms with van der Waals surface area (Å²) in [5, 5.41) is 38.7. The van der Waals surface area contributed by atoms with Crippen molar-refractivity contribution in [1.29, 1.82) is 0 Å². The minimum Gasteiger partial charge on any atom is -0.462 e. The summed E-state index contributed by atoms with van der Waals surface area (Å²) in [7, 11) is 0. The number of ketones is 1. The average Bonchev–Trinajstić information content (AvgIpc) is 2.74. The standard InChI is InChI=1S/C18H23NO9/c20-9-12-14(22)15(23)16(24)18(28-12)27-11-3-1-10(2-4-11)13(21)17(25)19-5-7-26-8-6-19/h1-4,12,14-16,18,20,22-24H,5-9H2/t12-,14+,15+,16-,18-/m1/s1. The number of carbonyl (C=O) groups excluding carboxylic acids is 2. The van der Waals surface area contributed by atoms with E-state index in [1.807, 2.05) is 0 Å². The van der Waals surface area contributed by atoms with Crippen LogP contribution in [0, 0.1) is 0 Å². The number of aliphatic hydroxyl groups is 4. The molecule has 3 rings (SSSR count). The van der Waals surface area contributed by atoms with Gasteiger partial charge < -0.3 is 39.5 Å². The van der Waals surface area contributed by atoms with Crippen molar-refractivity contribution < 1.29 is 44.2 Å². The van der Waals surface area contributed by atoms with Gasteiger partial charge in [0.15, 0.2) is 0 Å². The summed E-state index contributed by atoms with van der Waals surface area (Å²) in [6, 6.07) is 5.64. The van der Waals surface area contributed by atoms with Crippen LogP contribution in [0.2, 0.25) is 0 Å². The highest BCUT2D eigenvalue weighted by atomic mass is 16.7. The number of rotatable bonds is 5. The van der Waals surface area contributed by atoms with Gasteiger partial charge in [-0.25, -0.2) is 0 Å². The number of morpholine rings is 1. The van der Waals surface area contributed by atoms with Crippen molar-refractivity contribution in [2.45, 2.75) is 30.7 Å². The zero-order valence-electron chi connectivity index (χ0n) is 15.0. The number of benzene rings is 1. The van der Waals surface area contributed by atoms with Gasteiger partial charge in [0, 0.05) is 18.7 Å². The van der Waals surface area contributed by atoms with Crippen LogP contribution in [-0.2, 0) is 14.3 Å². The summed E-state index contributed by atoms with van der Waals surface area (Å²) in [5.41, 5.74) is 0.178. The van der Waals surface area contributed by atoms with Crippen LogP contribution in [0.15, 0.2) is 24.3 Å². The highest BCUT2D eigenvalue weighted by molar-refractivity contribution is 6.42. The van der Waals surface area contributed by atoms with Gasteiger partial charge >= 0.3 is 0 Å². The van der Waals surface area contributed by atoms with Gasteiger partial charge in [-0.15, -0.1) is 0 Å². The molecule has 0 unspecified atom stereocenters. The lowest BCUT2D eigenvalue weighted by atomic mass is 9.99. The molecular formula is C18H23NO9. The Balaban J connectivity index is 1.64. The fourth-order valence-electron chi connectivity index (χ4n) is 3.02. The number of nitrogens with zero attached hydrogens (tertiary/aromatic N) is 1. The molecule has 10 heteroatoms. The molecule has 0 spiro atoms. The first-order valence-corrected chi connectivity index (χ1v) is 8.91. The molecule has 28 heavy (non-hydrogen) atoms. The van der Waals surface area contributed by atoms with Gasteiger partial charge in [-0.3, -0.25) is 9.59 Å². The van der Waals surface area contributed by atoms with Gasteiger partial charge in [0.1, 0.15) is 30.2 Å². The molecule has 0 bridgehead atoms. The number of hydrogen-bond donors (Lipinski definition) is 4. The maximum absolute atomic E-state index is 12.3.